The van der Waals surface area contributed by atoms with Crippen molar-refractivity contribution in [2.45, 2.75) is 26.5 Å². The lowest BCUT2D eigenvalue weighted by Crippen LogP contribution is -2.12. The fourth-order valence-corrected chi connectivity index (χ4v) is 2.47. The second kappa shape index (κ2) is 6.02. The molecule has 0 saturated carbocycles. The minimum absolute atomic E-state index is 0.0388. The van der Waals surface area contributed by atoms with Gasteiger partial charge in [-0.05, 0) is 31.5 Å². The summed E-state index contributed by atoms with van der Waals surface area (Å²) in [6, 6.07) is 16.1. The minimum atomic E-state index is 0.0388. The zero-order chi connectivity index (χ0) is 15.5. The smallest absolute Gasteiger partial charge is 0.297 e. The van der Waals surface area contributed by atoms with Gasteiger partial charge in [-0.2, -0.15) is 4.98 Å². The molecule has 22 heavy (non-hydrogen) atoms. The fraction of sp³-hybridized carbons (Fsp3) is 0.222. The van der Waals surface area contributed by atoms with Crippen molar-refractivity contribution < 1.29 is 9.53 Å². The number of nitrogens with zero attached hydrogens (tertiary/aromatic N) is 2. The molecule has 0 amide bonds. The average Bonchev–Trinajstić information content (AvgIpc) is 2.85. The number of aldehydes is 1. The number of ether oxygens (including phenoxy) is 1. The van der Waals surface area contributed by atoms with E-state index in [4.69, 9.17) is 4.74 Å². The summed E-state index contributed by atoms with van der Waals surface area (Å²) in [7, 11) is 0. The van der Waals surface area contributed by atoms with Gasteiger partial charge in [-0.3, -0.25) is 9.36 Å². The monoisotopic (exact) mass is 294 g/mol. The predicted octanol–water partition coefficient (Wildman–Crippen LogP) is 3.68. The molecule has 0 aliphatic carbocycles. The highest BCUT2D eigenvalue weighted by molar-refractivity contribution is 5.79. The molecule has 0 atom stereocenters. The van der Waals surface area contributed by atoms with Crippen LogP contribution < -0.4 is 4.74 Å². The zero-order valence-corrected chi connectivity index (χ0v) is 12.7. The zero-order valence-electron chi connectivity index (χ0n) is 12.7. The standard InChI is InChI=1S/C18H18N2O2/c1-13(2)22-18-19-16-9-5-6-10-17(16)20(18)11-14-7-3-4-8-15(14)12-21/h3-10,12-13H,11H2,1-2H3. The van der Waals surface area contributed by atoms with Crippen LogP contribution in [0, 0.1) is 0 Å². The molecule has 3 rings (SSSR count). The summed E-state index contributed by atoms with van der Waals surface area (Å²) in [5.74, 6) is 0. The summed E-state index contributed by atoms with van der Waals surface area (Å²) in [4.78, 5) is 15.8. The first-order chi connectivity index (χ1) is 10.7. The molecule has 4 nitrogen and oxygen atoms in total. The third-order valence-electron chi connectivity index (χ3n) is 3.47. The van der Waals surface area contributed by atoms with Crippen LogP contribution in [0.3, 0.4) is 0 Å². The largest absolute Gasteiger partial charge is 0.462 e. The van der Waals surface area contributed by atoms with Crippen molar-refractivity contribution in [2.24, 2.45) is 0 Å². The van der Waals surface area contributed by atoms with Gasteiger partial charge in [-0.15, -0.1) is 0 Å². The number of carbonyl (C=O) groups excluding carboxylic acids is 1. The van der Waals surface area contributed by atoms with E-state index in [9.17, 15) is 4.79 Å². The number of benzene rings is 2. The van der Waals surface area contributed by atoms with E-state index >= 15 is 0 Å². The van der Waals surface area contributed by atoms with Crippen LogP contribution in [0.4, 0.5) is 0 Å². The molecule has 0 radical (unpaired) electrons. The van der Waals surface area contributed by atoms with Gasteiger partial charge in [0.25, 0.3) is 6.01 Å². The SMILES string of the molecule is CC(C)Oc1nc2ccccc2n1Cc1ccccc1C=O. The highest BCUT2D eigenvalue weighted by Gasteiger charge is 2.14. The third kappa shape index (κ3) is 2.72. The summed E-state index contributed by atoms with van der Waals surface area (Å²) < 4.78 is 7.85. The maximum absolute atomic E-state index is 11.2. The molecule has 4 heteroatoms. The van der Waals surface area contributed by atoms with Crippen molar-refractivity contribution in [2.75, 3.05) is 0 Å². The highest BCUT2D eigenvalue weighted by Crippen LogP contribution is 2.24. The Morgan fingerprint density at radius 3 is 2.64 bits per heavy atom. The first-order valence-corrected chi connectivity index (χ1v) is 7.34. The van der Waals surface area contributed by atoms with Gasteiger partial charge < -0.3 is 4.74 Å². The Morgan fingerprint density at radius 1 is 1.14 bits per heavy atom. The maximum atomic E-state index is 11.2. The summed E-state index contributed by atoms with van der Waals surface area (Å²) >= 11 is 0. The highest BCUT2D eigenvalue weighted by atomic mass is 16.5. The molecule has 2 aromatic carbocycles. The molecular weight excluding hydrogens is 276 g/mol. The Labute approximate surface area is 129 Å². The lowest BCUT2D eigenvalue weighted by atomic mass is 10.1. The summed E-state index contributed by atoms with van der Waals surface area (Å²) in [6.07, 6.45) is 0.925. The molecule has 3 aromatic rings. The van der Waals surface area contributed by atoms with Crippen molar-refractivity contribution in [1.29, 1.82) is 0 Å². The van der Waals surface area contributed by atoms with Gasteiger partial charge in [0.05, 0.1) is 23.7 Å². The van der Waals surface area contributed by atoms with E-state index in [0.717, 1.165) is 22.9 Å². The average molecular weight is 294 g/mol. The second-order valence-corrected chi connectivity index (χ2v) is 5.45. The summed E-state index contributed by atoms with van der Waals surface area (Å²) in [5, 5.41) is 0. The molecule has 0 fully saturated rings. The fourth-order valence-electron chi connectivity index (χ4n) is 2.47. The van der Waals surface area contributed by atoms with Crippen LogP contribution in [0.1, 0.15) is 29.8 Å². The summed E-state index contributed by atoms with van der Waals surface area (Å²) in [5.41, 5.74) is 3.53. The van der Waals surface area contributed by atoms with Gasteiger partial charge in [-0.1, -0.05) is 36.4 Å². The third-order valence-corrected chi connectivity index (χ3v) is 3.47. The van der Waals surface area contributed by atoms with Crippen LogP contribution >= 0.6 is 0 Å². The van der Waals surface area contributed by atoms with E-state index in [0.29, 0.717) is 18.1 Å². The van der Waals surface area contributed by atoms with Gasteiger partial charge in [0, 0.05) is 5.56 Å². The Bertz CT molecular complexity index is 806. The van der Waals surface area contributed by atoms with Crippen LogP contribution in [0.2, 0.25) is 0 Å². The lowest BCUT2D eigenvalue weighted by Gasteiger charge is -2.13. The van der Waals surface area contributed by atoms with Gasteiger partial charge in [-0.25, -0.2) is 0 Å². The van der Waals surface area contributed by atoms with Crippen molar-refractivity contribution in [3.05, 3.63) is 59.7 Å². The van der Waals surface area contributed by atoms with Gasteiger partial charge in [0.1, 0.15) is 6.29 Å². The van der Waals surface area contributed by atoms with Crippen molar-refractivity contribution >= 4 is 17.3 Å². The number of para-hydroxylation sites is 2. The van der Waals surface area contributed by atoms with Gasteiger partial charge in [0.2, 0.25) is 0 Å². The predicted molar refractivity (Wildman–Crippen MR) is 86.4 cm³/mol. The van der Waals surface area contributed by atoms with Crippen LogP contribution in [0.5, 0.6) is 6.01 Å². The van der Waals surface area contributed by atoms with Crippen molar-refractivity contribution in [1.82, 2.24) is 9.55 Å². The van der Waals surface area contributed by atoms with Crippen LogP contribution in [-0.2, 0) is 6.54 Å². The number of imidazole rings is 1. The molecule has 112 valence electrons. The van der Waals surface area contributed by atoms with Crippen molar-refractivity contribution in [3.63, 3.8) is 0 Å². The molecule has 0 unspecified atom stereocenters. The second-order valence-electron chi connectivity index (χ2n) is 5.45. The van der Waals surface area contributed by atoms with Gasteiger partial charge >= 0.3 is 0 Å². The molecule has 0 spiro atoms. The first kappa shape index (κ1) is 14.3. The van der Waals surface area contributed by atoms with Gasteiger partial charge in [0.15, 0.2) is 0 Å². The number of rotatable bonds is 5. The molecule has 1 heterocycles. The molecule has 0 bridgehead atoms. The molecule has 0 aliphatic rings. The Morgan fingerprint density at radius 2 is 1.86 bits per heavy atom. The molecular formula is C18H18N2O2. The van der Waals surface area contributed by atoms with E-state index in [1.807, 2.05) is 66.9 Å². The number of fused-ring (bicyclic) bond motifs is 1. The Hall–Kier alpha value is -2.62. The first-order valence-electron chi connectivity index (χ1n) is 7.34. The number of hydrogen-bond acceptors (Lipinski definition) is 3. The lowest BCUT2D eigenvalue weighted by molar-refractivity contribution is 0.112. The normalized spacial score (nSPS) is 11.0. The molecule has 0 N–H and O–H groups in total. The van der Waals surface area contributed by atoms with E-state index < -0.39 is 0 Å². The number of carbonyl (C=O) groups is 1. The number of hydrogen-bond donors (Lipinski definition) is 0. The Balaban J connectivity index is 2.10. The van der Waals surface area contributed by atoms with Crippen LogP contribution in [0.25, 0.3) is 11.0 Å². The van der Waals surface area contributed by atoms with E-state index in [2.05, 4.69) is 4.98 Å². The van der Waals surface area contributed by atoms with E-state index in [1.54, 1.807) is 0 Å². The van der Waals surface area contributed by atoms with E-state index in [1.165, 1.54) is 0 Å². The number of aromatic nitrogens is 2. The molecule has 0 saturated heterocycles. The molecule has 0 aliphatic heterocycles. The Kier molecular flexibility index (Phi) is 3.92. The van der Waals surface area contributed by atoms with Crippen molar-refractivity contribution in [3.8, 4) is 6.01 Å². The quantitative estimate of drug-likeness (QED) is 0.674. The van der Waals surface area contributed by atoms with E-state index in [-0.39, 0.29) is 6.10 Å². The van der Waals surface area contributed by atoms with Crippen LogP contribution in [-0.4, -0.2) is 21.9 Å². The van der Waals surface area contributed by atoms with Crippen LogP contribution in [0.15, 0.2) is 48.5 Å². The maximum Gasteiger partial charge on any atom is 0.297 e. The topological polar surface area (TPSA) is 44.1 Å². The minimum Gasteiger partial charge on any atom is -0.462 e. The summed E-state index contributed by atoms with van der Waals surface area (Å²) in [6.45, 7) is 4.50. The molecule has 1 aromatic heterocycles.